The van der Waals surface area contributed by atoms with Gasteiger partial charge in [0.05, 0.1) is 22.8 Å². The number of fused-ring (bicyclic) bond motifs is 1. The molecule has 0 unspecified atom stereocenters. The molecule has 10 heteroatoms. The van der Waals surface area contributed by atoms with E-state index in [0.29, 0.717) is 35.8 Å². The highest BCUT2D eigenvalue weighted by atomic mass is 35.5. The van der Waals surface area contributed by atoms with Crippen molar-refractivity contribution in [3.8, 4) is 0 Å². The number of nitrogens with zero attached hydrogens (tertiary/aromatic N) is 4. The van der Waals surface area contributed by atoms with Gasteiger partial charge in [-0.05, 0) is 42.7 Å². The molecule has 3 heterocycles. The Kier molecular flexibility index (Phi) is 6.61. The molecule has 8 nitrogen and oxygen atoms in total. The molecule has 1 saturated heterocycles. The number of carbonyl (C=O) groups is 1. The first-order chi connectivity index (χ1) is 17.0. The summed E-state index contributed by atoms with van der Waals surface area (Å²) in [5.74, 6) is -0.305. The van der Waals surface area contributed by atoms with E-state index in [9.17, 15) is 9.18 Å². The Morgan fingerprint density at radius 2 is 2.00 bits per heavy atom. The topological polar surface area (TPSA) is 94.0 Å². The minimum absolute atomic E-state index is 0.0161. The first-order valence-corrected chi connectivity index (χ1v) is 11.7. The maximum atomic E-state index is 13.8. The van der Waals surface area contributed by atoms with Crippen LogP contribution in [0.15, 0.2) is 55.0 Å². The molecule has 0 radical (unpaired) electrons. The molecule has 180 valence electrons. The molecule has 1 atom stereocenters. The molecule has 0 bridgehead atoms. The van der Waals surface area contributed by atoms with E-state index in [4.69, 9.17) is 16.3 Å². The van der Waals surface area contributed by atoms with E-state index in [2.05, 4.69) is 25.7 Å². The smallest absolute Gasteiger partial charge is 0.252 e. The molecule has 0 spiro atoms. The van der Waals surface area contributed by atoms with Crippen molar-refractivity contribution < 1.29 is 13.9 Å². The van der Waals surface area contributed by atoms with E-state index in [1.165, 1.54) is 12.1 Å². The first-order valence-electron chi connectivity index (χ1n) is 11.3. The van der Waals surface area contributed by atoms with Gasteiger partial charge in [-0.1, -0.05) is 23.7 Å². The fraction of sp³-hybridized carbons (Fsp3) is 0.280. The molecule has 1 amide bonds. The SMILES string of the molecule is Cn1cc([C@@H](NC(=O)c2ccc3cnc(NC4CCOCC4)nc3c2)c2ccc(F)c(Cl)c2)cn1. The molecule has 2 aromatic heterocycles. The van der Waals surface area contributed by atoms with Crippen LogP contribution in [-0.2, 0) is 11.8 Å². The van der Waals surface area contributed by atoms with Crippen LogP contribution < -0.4 is 10.6 Å². The summed E-state index contributed by atoms with van der Waals surface area (Å²) in [6.07, 6.45) is 6.98. The fourth-order valence-corrected chi connectivity index (χ4v) is 4.30. The third-order valence-corrected chi connectivity index (χ3v) is 6.30. The highest BCUT2D eigenvalue weighted by Crippen LogP contribution is 2.27. The highest BCUT2D eigenvalue weighted by Gasteiger charge is 2.21. The molecule has 1 aliphatic rings. The fourth-order valence-electron chi connectivity index (χ4n) is 4.11. The van der Waals surface area contributed by atoms with Gasteiger partial charge in [0.15, 0.2) is 0 Å². The summed E-state index contributed by atoms with van der Waals surface area (Å²) in [4.78, 5) is 22.3. The summed E-state index contributed by atoms with van der Waals surface area (Å²) in [6, 6.07) is 9.36. The lowest BCUT2D eigenvalue weighted by atomic mass is 10.0. The quantitative estimate of drug-likeness (QED) is 0.416. The van der Waals surface area contributed by atoms with Crippen molar-refractivity contribution in [3.63, 3.8) is 0 Å². The third kappa shape index (κ3) is 5.26. The molecule has 0 saturated carbocycles. The largest absolute Gasteiger partial charge is 0.381 e. The molecular weight excluding hydrogens is 471 g/mol. The molecule has 1 fully saturated rings. The van der Waals surface area contributed by atoms with Crippen LogP contribution in [0.3, 0.4) is 0 Å². The number of aromatic nitrogens is 4. The van der Waals surface area contributed by atoms with Crippen LogP contribution in [0.2, 0.25) is 5.02 Å². The van der Waals surface area contributed by atoms with Crippen LogP contribution >= 0.6 is 11.6 Å². The number of benzene rings is 2. The predicted octanol–water partition coefficient (Wildman–Crippen LogP) is 4.27. The zero-order valence-electron chi connectivity index (χ0n) is 19.0. The van der Waals surface area contributed by atoms with Crippen LogP contribution in [0.5, 0.6) is 0 Å². The van der Waals surface area contributed by atoms with E-state index >= 15 is 0 Å². The first kappa shape index (κ1) is 23.2. The predicted molar refractivity (Wildman–Crippen MR) is 131 cm³/mol. The van der Waals surface area contributed by atoms with E-state index in [1.807, 2.05) is 6.07 Å². The van der Waals surface area contributed by atoms with Gasteiger partial charge in [-0.2, -0.15) is 5.10 Å². The summed E-state index contributed by atoms with van der Waals surface area (Å²) in [5.41, 5.74) is 2.48. The van der Waals surface area contributed by atoms with Gasteiger partial charge in [0.1, 0.15) is 5.82 Å². The number of nitrogens with one attached hydrogen (secondary N) is 2. The number of aryl methyl sites for hydroxylation is 1. The van der Waals surface area contributed by atoms with Crippen LogP contribution in [0, 0.1) is 5.82 Å². The van der Waals surface area contributed by atoms with E-state index in [1.54, 1.807) is 48.5 Å². The van der Waals surface area contributed by atoms with Crippen LogP contribution in [0.1, 0.15) is 40.4 Å². The molecule has 1 aliphatic heterocycles. The number of ether oxygens (including phenoxy) is 1. The van der Waals surface area contributed by atoms with Gasteiger partial charge in [-0.25, -0.2) is 14.4 Å². The Morgan fingerprint density at radius 3 is 2.74 bits per heavy atom. The Balaban J connectivity index is 1.41. The lowest BCUT2D eigenvalue weighted by Crippen LogP contribution is -2.29. The summed E-state index contributed by atoms with van der Waals surface area (Å²) >= 11 is 6.02. The zero-order chi connectivity index (χ0) is 24.4. The average molecular weight is 495 g/mol. The number of hydrogen-bond donors (Lipinski definition) is 2. The number of hydrogen-bond acceptors (Lipinski definition) is 6. The Labute approximate surface area is 206 Å². The number of amides is 1. The van der Waals surface area contributed by atoms with Gasteiger partial charge in [-0.15, -0.1) is 0 Å². The van der Waals surface area contributed by atoms with Crippen LogP contribution in [-0.4, -0.2) is 44.9 Å². The lowest BCUT2D eigenvalue weighted by molar-refractivity contribution is 0.0903. The van der Waals surface area contributed by atoms with Crippen LogP contribution in [0.4, 0.5) is 10.3 Å². The molecule has 35 heavy (non-hydrogen) atoms. The number of carbonyl (C=O) groups excluding carboxylic acids is 1. The third-order valence-electron chi connectivity index (χ3n) is 6.01. The molecule has 2 N–H and O–H groups in total. The maximum absolute atomic E-state index is 13.8. The summed E-state index contributed by atoms with van der Waals surface area (Å²) in [7, 11) is 1.79. The van der Waals surface area contributed by atoms with Gasteiger partial charge in [0.25, 0.3) is 5.91 Å². The Morgan fingerprint density at radius 1 is 1.17 bits per heavy atom. The summed E-state index contributed by atoms with van der Waals surface area (Å²) in [5, 5.41) is 11.4. The normalized spacial score (nSPS) is 15.2. The van der Waals surface area contributed by atoms with Gasteiger partial charge < -0.3 is 15.4 Å². The van der Waals surface area contributed by atoms with Crippen molar-refractivity contribution in [2.45, 2.75) is 24.9 Å². The molecule has 4 aromatic rings. The lowest BCUT2D eigenvalue weighted by Gasteiger charge is -2.23. The van der Waals surface area contributed by atoms with Crippen molar-refractivity contribution in [1.29, 1.82) is 0 Å². The van der Waals surface area contributed by atoms with E-state index < -0.39 is 11.9 Å². The van der Waals surface area contributed by atoms with Crippen molar-refractivity contribution >= 4 is 34.4 Å². The van der Waals surface area contributed by atoms with Crippen LogP contribution in [0.25, 0.3) is 10.9 Å². The number of halogens is 2. The van der Waals surface area contributed by atoms with Gasteiger partial charge >= 0.3 is 0 Å². The highest BCUT2D eigenvalue weighted by molar-refractivity contribution is 6.30. The van der Waals surface area contributed by atoms with E-state index in [-0.39, 0.29) is 17.0 Å². The second-order valence-electron chi connectivity index (χ2n) is 8.53. The van der Waals surface area contributed by atoms with Gasteiger partial charge in [-0.3, -0.25) is 9.48 Å². The second-order valence-corrected chi connectivity index (χ2v) is 8.93. The van der Waals surface area contributed by atoms with Crippen molar-refractivity contribution in [2.24, 2.45) is 7.05 Å². The van der Waals surface area contributed by atoms with Crippen molar-refractivity contribution in [3.05, 3.63) is 82.5 Å². The zero-order valence-corrected chi connectivity index (χ0v) is 19.8. The molecular formula is C25H24ClFN6O2. The maximum Gasteiger partial charge on any atom is 0.252 e. The minimum atomic E-state index is -0.568. The minimum Gasteiger partial charge on any atom is -0.381 e. The van der Waals surface area contributed by atoms with Gasteiger partial charge in [0.2, 0.25) is 5.95 Å². The summed E-state index contributed by atoms with van der Waals surface area (Å²) in [6.45, 7) is 1.43. The number of anilines is 1. The Hall–Kier alpha value is -3.56. The van der Waals surface area contributed by atoms with Crippen molar-refractivity contribution in [1.82, 2.24) is 25.1 Å². The standard InChI is InChI=1S/C25H24ClFN6O2/c1-33-14-18(13-29-33)23(15-4-5-21(27)20(26)10-15)32-24(34)16-2-3-17-12-28-25(31-22(17)11-16)30-19-6-8-35-9-7-19/h2-5,10-14,19,23H,6-9H2,1H3,(H,32,34)(H,28,30,31)/t23-/m0/s1. The molecule has 5 rings (SSSR count). The summed E-state index contributed by atoms with van der Waals surface area (Å²) < 4.78 is 20.8. The molecule has 2 aromatic carbocycles. The van der Waals surface area contributed by atoms with E-state index in [0.717, 1.165) is 23.8 Å². The van der Waals surface area contributed by atoms with Crippen molar-refractivity contribution in [2.75, 3.05) is 18.5 Å². The average Bonchev–Trinajstić information content (AvgIpc) is 3.30. The monoisotopic (exact) mass is 494 g/mol. The second kappa shape index (κ2) is 9.97. The molecule has 0 aliphatic carbocycles. The Bertz CT molecular complexity index is 1370. The van der Waals surface area contributed by atoms with Gasteiger partial charge in [0, 0.05) is 55.2 Å². The number of rotatable bonds is 6.